The van der Waals surface area contributed by atoms with E-state index in [1.807, 2.05) is 0 Å². The first-order valence-electron chi connectivity index (χ1n) is 5.12. The first-order chi connectivity index (χ1) is 8.08. The molecule has 0 aromatic carbocycles. The molecule has 0 aliphatic rings. The lowest BCUT2D eigenvalue weighted by Gasteiger charge is -2.19. The summed E-state index contributed by atoms with van der Waals surface area (Å²) in [4.78, 5) is 11.4. The molecule has 0 radical (unpaired) electrons. The minimum absolute atomic E-state index is 0.122. The second kappa shape index (κ2) is 4.89. The van der Waals surface area contributed by atoms with E-state index in [-0.39, 0.29) is 10.8 Å². The summed E-state index contributed by atoms with van der Waals surface area (Å²) in [5, 5.41) is 9.26. The van der Waals surface area contributed by atoms with Gasteiger partial charge >= 0.3 is 6.09 Å². The Morgan fingerprint density at radius 2 is 1.89 bits per heavy atom. The van der Waals surface area contributed by atoms with E-state index in [9.17, 15) is 13.2 Å². The minimum Gasteiger partial charge on any atom is -0.444 e. The van der Waals surface area contributed by atoms with Gasteiger partial charge in [0, 0.05) is 6.26 Å². The van der Waals surface area contributed by atoms with Crippen molar-refractivity contribution in [3.8, 4) is 0 Å². The average Bonchev–Trinajstić information content (AvgIpc) is 2.13. The maximum atomic E-state index is 11.4. The number of carbonyl (C=O) groups excluding carboxylic acids is 1. The van der Waals surface area contributed by atoms with Gasteiger partial charge in [-0.15, -0.1) is 10.2 Å². The van der Waals surface area contributed by atoms with Gasteiger partial charge in [-0.3, -0.25) is 5.32 Å². The van der Waals surface area contributed by atoms with Crippen molar-refractivity contribution in [2.75, 3.05) is 11.6 Å². The summed E-state index contributed by atoms with van der Waals surface area (Å²) >= 11 is 0. The zero-order valence-electron chi connectivity index (χ0n) is 10.6. The number of carbonyl (C=O) groups is 1. The van der Waals surface area contributed by atoms with Gasteiger partial charge in [-0.05, 0) is 32.9 Å². The fourth-order valence-corrected chi connectivity index (χ4v) is 1.50. The number of ether oxygens (including phenoxy) is 1. The van der Waals surface area contributed by atoms with Crippen LogP contribution in [0, 0.1) is 0 Å². The Bertz CT molecular complexity index is 531. The maximum Gasteiger partial charge on any atom is 0.413 e. The van der Waals surface area contributed by atoms with Crippen molar-refractivity contribution in [2.45, 2.75) is 31.4 Å². The third kappa shape index (κ3) is 4.66. The van der Waals surface area contributed by atoms with Crippen LogP contribution in [0.25, 0.3) is 0 Å². The number of nitrogens with one attached hydrogen (secondary N) is 1. The van der Waals surface area contributed by atoms with Gasteiger partial charge in [-0.2, -0.15) is 0 Å². The molecule has 0 saturated heterocycles. The molecule has 0 bridgehead atoms. The Morgan fingerprint density at radius 1 is 1.28 bits per heavy atom. The van der Waals surface area contributed by atoms with Crippen LogP contribution in [0.2, 0.25) is 0 Å². The molecular formula is C10H15N3O4S. The SMILES string of the molecule is CC(C)(C)OC(=O)Nc1ccc(S(C)(=O)=O)nn1. The predicted octanol–water partition coefficient (Wildman–Crippen LogP) is 1.23. The van der Waals surface area contributed by atoms with E-state index in [1.165, 1.54) is 12.1 Å². The highest BCUT2D eigenvalue weighted by Gasteiger charge is 2.17. The summed E-state index contributed by atoms with van der Waals surface area (Å²) in [6, 6.07) is 2.60. The zero-order chi connectivity index (χ0) is 14.0. The molecule has 1 amide bonds. The van der Waals surface area contributed by atoms with E-state index in [0.717, 1.165) is 6.26 Å². The summed E-state index contributed by atoms with van der Waals surface area (Å²) in [5.74, 6) is 0.122. The molecule has 7 nitrogen and oxygen atoms in total. The summed E-state index contributed by atoms with van der Waals surface area (Å²) in [5.41, 5.74) is -0.621. The monoisotopic (exact) mass is 273 g/mol. The molecule has 18 heavy (non-hydrogen) atoms. The topological polar surface area (TPSA) is 98.2 Å². The summed E-state index contributed by atoms with van der Waals surface area (Å²) in [6.07, 6.45) is 0.349. The number of nitrogens with zero attached hydrogens (tertiary/aromatic N) is 2. The second-order valence-corrected chi connectivity index (χ2v) is 6.62. The maximum absolute atomic E-state index is 11.4. The van der Waals surface area contributed by atoms with Gasteiger partial charge in [0.15, 0.2) is 20.7 Å². The first-order valence-corrected chi connectivity index (χ1v) is 7.01. The van der Waals surface area contributed by atoms with Crippen molar-refractivity contribution < 1.29 is 17.9 Å². The van der Waals surface area contributed by atoms with Crippen LogP contribution in [-0.2, 0) is 14.6 Å². The number of hydrogen-bond donors (Lipinski definition) is 1. The fraction of sp³-hybridized carbons (Fsp3) is 0.500. The lowest BCUT2D eigenvalue weighted by molar-refractivity contribution is 0.0635. The van der Waals surface area contributed by atoms with Crippen LogP contribution < -0.4 is 5.32 Å². The van der Waals surface area contributed by atoms with Gasteiger partial charge in [-0.1, -0.05) is 0 Å². The van der Waals surface area contributed by atoms with Gasteiger partial charge in [0.05, 0.1) is 0 Å². The highest BCUT2D eigenvalue weighted by atomic mass is 32.2. The molecular weight excluding hydrogens is 258 g/mol. The predicted molar refractivity (Wildman–Crippen MR) is 65.0 cm³/mol. The molecule has 8 heteroatoms. The van der Waals surface area contributed by atoms with Crippen molar-refractivity contribution in [1.29, 1.82) is 0 Å². The van der Waals surface area contributed by atoms with E-state index in [4.69, 9.17) is 4.74 Å². The standard InChI is InChI=1S/C10H15N3O4S/c1-10(2,3)17-9(14)11-7-5-6-8(13-12-7)18(4,15)16/h5-6H,1-4H3,(H,11,12,14). The zero-order valence-corrected chi connectivity index (χ0v) is 11.4. The minimum atomic E-state index is -3.39. The van der Waals surface area contributed by atoms with E-state index in [0.29, 0.717) is 0 Å². The highest BCUT2D eigenvalue weighted by Crippen LogP contribution is 2.10. The molecule has 0 fully saturated rings. The number of anilines is 1. The van der Waals surface area contributed by atoms with Gasteiger partial charge in [0.1, 0.15) is 5.60 Å². The highest BCUT2D eigenvalue weighted by molar-refractivity contribution is 7.90. The Morgan fingerprint density at radius 3 is 2.28 bits per heavy atom. The Labute approximate surface area is 105 Å². The molecule has 1 N–H and O–H groups in total. The van der Waals surface area contributed by atoms with Crippen molar-refractivity contribution >= 4 is 21.7 Å². The largest absolute Gasteiger partial charge is 0.444 e. The number of aromatic nitrogens is 2. The number of amides is 1. The quantitative estimate of drug-likeness (QED) is 0.870. The Balaban J connectivity index is 2.73. The van der Waals surface area contributed by atoms with Crippen LogP contribution in [0.15, 0.2) is 17.2 Å². The molecule has 0 atom stereocenters. The molecule has 1 rings (SSSR count). The van der Waals surface area contributed by atoms with Crippen molar-refractivity contribution in [3.63, 3.8) is 0 Å². The van der Waals surface area contributed by atoms with Crippen LogP contribution >= 0.6 is 0 Å². The van der Waals surface area contributed by atoms with Crippen LogP contribution in [0.1, 0.15) is 20.8 Å². The Kier molecular flexibility index (Phi) is 3.90. The van der Waals surface area contributed by atoms with Gasteiger partial charge < -0.3 is 4.74 Å². The normalized spacial score (nSPS) is 12.0. The van der Waals surface area contributed by atoms with E-state index in [2.05, 4.69) is 15.5 Å². The molecule has 1 heterocycles. The van der Waals surface area contributed by atoms with Gasteiger partial charge in [-0.25, -0.2) is 13.2 Å². The van der Waals surface area contributed by atoms with Crippen LogP contribution in [0.4, 0.5) is 10.6 Å². The first kappa shape index (κ1) is 14.4. The number of hydrogen-bond acceptors (Lipinski definition) is 6. The van der Waals surface area contributed by atoms with Crippen LogP contribution in [0.5, 0.6) is 0 Å². The molecule has 0 spiro atoms. The molecule has 0 aliphatic carbocycles. The van der Waals surface area contributed by atoms with Gasteiger partial charge in [0.2, 0.25) is 0 Å². The molecule has 0 aliphatic heterocycles. The molecule has 1 aromatic heterocycles. The third-order valence-corrected chi connectivity index (χ3v) is 2.63. The summed E-state index contributed by atoms with van der Waals surface area (Å²) < 4.78 is 27.3. The van der Waals surface area contributed by atoms with Gasteiger partial charge in [0.25, 0.3) is 0 Å². The number of rotatable bonds is 2. The summed E-state index contributed by atoms with van der Waals surface area (Å²) in [7, 11) is -3.39. The molecule has 100 valence electrons. The molecule has 1 aromatic rings. The van der Waals surface area contributed by atoms with Crippen LogP contribution in [0.3, 0.4) is 0 Å². The van der Waals surface area contributed by atoms with E-state index < -0.39 is 21.5 Å². The van der Waals surface area contributed by atoms with Crippen molar-refractivity contribution in [3.05, 3.63) is 12.1 Å². The Hall–Kier alpha value is -1.70. The van der Waals surface area contributed by atoms with Crippen molar-refractivity contribution in [2.24, 2.45) is 0 Å². The van der Waals surface area contributed by atoms with Crippen LogP contribution in [-0.4, -0.2) is 36.6 Å². The second-order valence-electron chi connectivity index (χ2n) is 4.66. The summed E-state index contributed by atoms with van der Waals surface area (Å²) in [6.45, 7) is 5.18. The molecule has 0 unspecified atom stereocenters. The number of sulfone groups is 1. The average molecular weight is 273 g/mol. The lowest BCUT2D eigenvalue weighted by Crippen LogP contribution is -2.27. The van der Waals surface area contributed by atoms with E-state index >= 15 is 0 Å². The fourth-order valence-electron chi connectivity index (χ4n) is 0.993. The third-order valence-electron chi connectivity index (χ3n) is 1.65. The van der Waals surface area contributed by atoms with Crippen molar-refractivity contribution in [1.82, 2.24) is 10.2 Å². The smallest absolute Gasteiger partial charge is 0.413 e. The van der Waals surface area contributed by atoms with E-state index in [1.54, 1.807) is 20.8 Å². The lowest BCUT2D eigenvalue weighted by atomic mass is 10.2. The molecule has 0 saturated carbocycles.